The van der Waals surface area contributed by atoms with E-state index in [0.29, 0.717) is 6.07 Å². The van der Waals surface area contributed by atoms with Gasteiger partial charge in [0.2, 0.25) is 5.89 Å². The largest absolute Gasteiger partial charge is 0.586 e. The number of pyridine rings is 1. The molecule has 0 fully saturated rings. The highest BCUT2D eigenvalue weighted by Crippen LogP contribution is 2.45. The van der Waals surface area contributed by atoms with Gasteiger partial charge in [-0.15, -0.1) is 8.78 Å². The van der Waals surface area contributed by atoms with Gasteiger partial charge in [0.05, 0.1) is 15.9 Å². The maximum Gasteiger partial charge on any atom is 0.586 e. The van der Waals surface area contributed by atoms with Crippen molar-refractivity contribution in [1.82, 2.24) is 19.7 Å². The number of benzene rings is 1. The Labute approximate surface area is 184 Å². The van der Waals surface area contributed by atoms with Gasteiger partial charge < -0.3 is 13.9 Å². The van der Waals surface area contributed by atoms with E-state index in [9.17, 15) is 26.7 Å². The van der Waals surface area contributed by atoms with E-state index in [1.807, 2.05) is 0 Å². The molecule has 0 atom stereocenters. The maximum absolute atomic E-state index is 13.5. The second kappa shape index (κ2) is 6.88. The summed E-state index contributed by atoms with van der Waals surface area (Å²) in [5.74, 6) is -1.53. The molecule has 0 amide bonds. The fourth-order valence-corrected chi connectivity index (χ4v) is 3.47. The van der Waals surface area contributed by atoms with Gasteiger partial charge in [-0.2, -0.15) is 18.3 Å². The maximum atomic E-state index is 13.5. The van der Waals surface area contributed by atoms with Crippen LogP contribution in [0.2, 0.25) is 5.02 Å². The average Bonchev–Trinajstić information content (AvgIpc) is 3.30. The number of fused-ring (bicyclic) bond motifs is 2. The molecular weight excluding hydrogens is 479 g/mol. The summed E-state index contributed by atoms with van der Waals surface area (Å²) in [4.78, 5) is 20.6. The highest BCUT2D eigenvalue weighted by molar-refractivity contribution is 6.32. The first-order valence-corrected chi connectivity index (χ1v) is 9.35. The van der Waals surface area contributed by atoms with Crippen molar-refractivity contribution in [1.29, 1.82) is 0 Å². The molecule has 14 heteroatoms. The van der Waals surface area contributed by atoms with Gasteiger partial charge in [0, 0.05) is 23.9 Å². The van der Waals surface area contributed by atoms with Crippen LogP contribution < -0.4 is 15.1 Å². The van der Waals surface area contributed by atoms with Crippen molar-refractivity contribution in [3.63, 3.8) is 0 Å². The molecule has 33 heavy (non-hydrogen) atoms. The molecule has 4 aromatic rings. The van der Waals surface area contributed by atoms with Crippen LogP contribution in [0, 0.1) is 6.92 Å². The first kappa shape index (κ1) is 21.1. The van der Waals surface area contributed by atoms with Crippen molar-refractivity contribution in [3.05, 3.63) is 57.2 Å². The minimum Gasteiger partial charge on any atom is -0.401 e. The molecule has 0 N–H and O–H groups in total. The highest BCUT2D eigenvalue weighted by Gasteiger charge is 2.45. The van der Waals surface area contributed by atoms with Crippen molar-refractivity contribution < 1.29 is 35.8 Å². The number of ether oxygens (including phenoxy) is 2. The van der Waals surface area contributed by atoms with Crippen LogP contribution in [0.4, 0.5) is 22.0 Å². The fourth-order valence-electron chi connectivity index (χ4n) is 3.27. The van der Waals surface area contributed by atoms with Crippen LogP contribution in [0.25, 0.3) is 28.3 Å². The molecule has 0 saturated heterocycles. The van der Waals surface area contributed by atoms with Crippen LogP contribution >= 0.6 is 11.6 Å². The first-order valence-electron chi connectivity index (χ1n) is 8.97. The van der Waals surface area contributed by atoms with E-state index >= 15 is 0 Å². The van der Waals surface area contributed by atoms with Crippen molar-refractivity contribution in [2.45, 2.75) is 19.4 Å². The van der Waals surface area contributed by atoms with E-state index < -0.39 is 41.1 Å². The van der Waals surface area contributed by atoms with Gasteiger partial charge in [-0.3, -0.25) is 0 Å². The SMILES string of the molecule is Cc1c2c(cc3c(=O)oc(-c4cc(C(F)(F)F)nn4-c4ncccc4Cl)nc13)OC(F)(F)O2. The van der Waals surface area contributed by atoms with E-state index in [1.54, 1.807) is 0 Å². The van der Waals surface area contributed by atoms with Crippen LogP contribution in [0.15, 0.2) is 39.7 Å². The van der Waals surface area contributed by atoms with Crippen molar-refractivity contribution >= 4 is 22.5 Å². The summed E-state index contributed by atoms with van der Waals surface area (Å²) >= 11 is 6.07. The van der Waals surface area contributed by atoms with Gasteiger partial charge in [0.1, 0.15) is 5.69 Å². The van der Waals surface area contributed by atoms with Crippen LogP contribution in [0.1, 0.15) is 11.3 Å². The first-order chi connectivity index (χ1) is 15.4. The summed E-state index contributed by atoms with van der Waals surface area (Å²) in [5, 5.41) is 3.21. The molecule has 4 heterocycles. The zero-order chi connectivity index (χ0) is 23.7. The van der Waals surface area contributed by atoms with Gasteiger partial charge in [0.15, 0.2) is 23.0 Å². The quantitative estimate of drug-likeness (QED) is 0.378. The summed E-state index contributed by atoms with van der Waals surface area (Å²) in [6, 6.07) is 4.38. The Bertz CT molecular complexity index is 1500. The van der Waals surface area contributed by atoms with E-state index in [2.05, 4.69) is 24.5 Å². The minimum absolute atomic E-state index is 0.00759. The molecule has 5 rings (SSSR count). The summed E-state index contributed by atoms with van der Waals surface area (Å²) in [6.07, 6.45) is -7.54. The molecular formula is C19H8ClF5N4O4. The number of nitrogens with zero attached hydrogens (tertiary/aromatic N) is 4. The van der Waals surface area contributed by atoms with Gasteiger partial charge in [-0.05, 0) is 19.1 Å². The molecule has 1 aliphatic rings. The Morgan fingerprint density at radius 3 is 2.64 bits per heavy atom. The molecule has 0 unspecified atom stereocenters. The topological polar surface area (TPSA) is 92.3 Å². The van der Waals surface area contributed by atoms with E-state index in [4.69, 9.17) is 16.0 Å². The van der Waals surface area contributed by atoms with Gasteiger partial charge in [-0.1, -0.05) is 11.6 Å². The van der Waals surface area contributed by atoms with Crippen molar-refractivity contribution in [3.8, 4) is 28.9 Å². The number of aromatic nitrogens is 4. The molecule has 0 aliphatic carbocycles. The third-order valence-electron chi connectivity index (χ3n) is 4.68. The monoisotopic (exact) mass is 486 g/mol. The standard InChI is InChI=1S/C19H8ClF5N4O4/c1-7-13-8(5-11-14(7)33-19(24,25)32-11)17(30)31-16(27-13)10-6-12(18(21,22)23)28-29(10)15-9(20)3-2-4-26-15/h2-6H,1H3. The molecule has 170 valence electrons. The van der Waals surface area contributed by atoms with Gasteiger partial charge in [0.25, 0.3) is 0 Å². The average molecular weight is 487 g/mol. The second-order valence-corrected chi connectivity index (χ2v) is 7.24. The Balaban J connectivity index is 1.78. The van der Waals surface area contributed by atoms with Gasteiger partial charge >= 0.3 is 18.1 Å². The summed E-state index contributed by atoms with van der Waals surface area (Å²) < 4.78 is 81.8. The lowest BCUT2D eigenvalue weighted by Gasteiger charge is -2.09. The lowest BCUT2D eigenvalue weighted by atomic mass is 10.1. The summed E-state index contributed by atoms with van der Waals surface area (Å²) in [7, 11) is 0. The lowest BCUT2D eigenvalue weighted by molar-refractivity contribution is -0.286. The molecule has 1 aromatic carbocycles. The predicted molar refractivity (Wildman–Crippen MR) is 102 cm³/mol. The minimum atomic E-state index is -4.86. The van der Waals surface area contributed by atoms with Crippen LogP contribution in [-0.4, -0.2) is 26.0 Å². The smallest absolute Gasteiger partial charge is 0.401 e. The number of alkyl halides is 5. The third kappa shape index (κ3) is 3.44. The zero-order valence-electron chi connectivity index (χ0n) is 16.1. The fraction of sp³-hybridized carbons (Fsp3) is 0.158. The molecule has 8 nitrogen and oxygen atoms in total. The normalized spacial score (nSPS) is 14.8. The number of hydrogen-bond acceptors (Lipinski definition) is 7. The Hall–Kier alpha value is -3.74. The molecule has 0 spiro atoms. The predicted octanol–water partition coefficient (Wildman–Crippen LogP) is 4.74. The van der Waals surface area contributed by atoms with Crippen LogP contribution in [0.5, 0.6) is 11.5 Å². The highest BCUT2D eigenvalue weighted by atomic mass is 35.5. The lowest BCUT2D eigenvalue weighted by Crippen LogP contribution is -2.26. The van der Waals surface area contributed by atoms with Crippen LogP contribution in [0.3, 0.4) is 0 Å². The van der Waals surface area contributed by atoms with E-state index in [1.165, 1.54) is 25.3 Å². The molecule has 3 aromatic heterocycles. The number of halogens is 6. The third-order valence-corrected chi connectivity index (χ3v) is 4.98. The number of rotatable bonds is 2. The van der Waals surface area contributed by atoms with Crippen molar-refractivity contribution in [2.24, 2.45) is 0 Å². The summed E-state index contributed by atoms with van der Waals surface area (Å²) in [5.41, 5.74) is -2.94. The second-order valence-electron chi connectivity index (χ2n) is 6.83. The van der Waals surface area contributed by atoms with E-state index in [0.717, 1.165) is 10.7 Å². The molecule has 1 aliphatic heterocycles. The zero-order valence-corrected chi connectivity index (χ0v) is 16.8. The molecule has 0 bridgehead atoms. The Kier molecular flexibility index (Phi) is 4.40. The molecule has 0 radical (unpaired) electrons. The Morgan fingerprint density at radius 1 is 1.18 bits per heavy atom. The van der Waals surface area contributed by atoms with Crippen molar-refractivity contribution in [2.75, 3.05) is 0 Å². The van der Waals surface area contributed by atoms with Gasteiger partial charge in [-0.25, -0.2) is 19.4 Å². The Morgan fingerprint density at radius 2 is 1.94 bits per heavy atom. The number of aryl methyl sites for hydroxylation is 1. The van der Waals surface area contributed by atoms with E-state index in [-0.39, 0.29) is 33.1 Å². The van der Waals surface area contributed by atoms with Crippen LogP contribution in [-0.2, 0) is 6.18 Å². The molecule has 0 saturated carbocycles. The summed E-state index contributed by atoms with van der Waals surface area (Å²) in [6.45, 7) is 1.33. The number of hydrogen-bond donors (Lipinski definition) is 0.